The standard InChI is InChI=1S/C10H12S2/c1-6-4-7(2)9(10(11)12)8(3)5-6/h4-5H,1-3H3,(H,11,12). The molecule has 0 aliphatic heterocycles. The molecule has 2 heteroatoms. The fourth-order valence-electron chi connectivity index (χ4n) is 1.52. The first-order valence-corrected chi connectivity index (χ1v) is 4.69. The molecule has 0 fully saturated rings. The van der Waals surface area contributed by atoms with Crippen molar-refractivity contribution >= 4 is 29.0 Å². The Bertz CT molecular complexity index is 304. The minimum absolute atomic E-state index is 0.685. The van der Waals surface area contributed by atoms with Gasteiger partial charge in [-0.3, -0.25) is 0 Å². The lowest BCUT2D eigenvalue weighted by Gasteiger charge is -2.08. The third-order valence-corrected chi connectivity index (χ3v) is 2.32. The van der Waals surface area contributed by atoms with Gasteiger partial charge in [0.2, 0.25) is 0 Å². The lowest BCUT2D eigenvalue weighted by atomic mass is 10.0. The summed E-state index contributed by atoms with van der Waals surface area (Å²) in [5.74, 6) is 0. The van der Waals surface area contributed by atoms with Gasteiger partial charge in [-0.1, -0.05) is 29.9 Å². The average Bonchev–Trinajstić information content (AvgIpc) is 1.82. The third-order valence-electron chi connectivity index (χ3n) is 1.89. The zero-order valence-corrected chi connectivity index (χ0v) is 9.22. The van der Waals surface area contributed by atoms with Gasteiger partial charge in [0.1, 0.15) is 0 Å². The van der Waals surface area contributed by atoms with Crippen LogP contribution in [0.4, 0.5) is 0 Å². The molecular formula is C10H12S2. The van der Waals surface area contributed by atoms with E-state index in [2.05, 4.69) is 45.5 Å². The zero-order chi connectivity index (χ0) is 9.30. The summed E-state index contributed by atoms with van der Waals surface area (Å²) >= 11 is 9.24. The topological polar surface area (TPSA) is 0 Å². The molecule has 0 nitrogen and oxygen atoms in total. The van der Waals surface area contributed by atoms with Crippen LogP contribution in [0.25, 0.3) is 0 Å². The van der Waals surface area contributed by atoms with Crippen LogP contribution in [-0.4, -0.2) is 4.20 Å². The summed E-state index contributed by atoms with van der Waals surface area (Å²) in [6.45, 7) is 6.22. The molecule has 1 aromatic rings. The lowest BCUT2D eigenvalue weighted by molar-refractivity contribution is 1.31. The Morgan fingerprint density at radius 2 is 1.58 bits per heavy atom. The van der Waals surface area contributed by atoms with Crippen LogP contribution in [0, 0.1) is 20.8 Å². The van der Waals surface area contributed by atoms with E-state index in [1.165, 1.54) is 16.7 Å². The number of hydrogen-bond acceptors (Lipinski definition) is 1. The average molecular weight is 196 g/mol. The SMILES string of the molecule is Cc1cc(C)c(C(=S)S)c(C)c1. The van der Waals surface area contributed by atoms with Crippen LogP contribution in [0.5, 0.6) is 0 Å². The fourth-order valence-corrected chi connectivity index (χ4v) is 2.19. The van der Waals surface area contributed by atoms with Gasteiger partial charge in [-0.25, -0.2) is 0 Å². The van der Waals surface area contributed by atoms with Gasteiger partial charge in [0, 0.05) is 5.56 Å². The van der Waals surface area contributed by atoms with Crippen molar-refractivity contribution in [3.8, 4) is 0 Å². The number of benzene rings is 1. The smallest absolute Gasteiger partial charge is 0.0753 e. The minimum atomic E-state index is 0.685. The molecule has 0 amide bonds. The molecule has 0 spiro atoms. The van der Waals surface area contributed by atoms with Crippen LogP contribution >= 0.6 is 24.8 Å². The van der Waals surface area contributed by atoms with Gasteiger partial charge in [-0.05, 0) is 31.9 Å². The summed E-state index contributed by atoms with van der Waals surface area (Å²) < 4.78 is 0.685. The molecule has 0 atom stereocenters. The van der Waals surface area contributed by atoms with Crippen molar-refractivity contribution in [2.24, 2.45) is 0 Å². The molecule has 0 N–H and O–H groups in total. The quantitative estimate of drug-likeness (QED) is 0.531. The van der Waals surface area contributed by atoms with Gasteiger partial charge >= 0.3 is 0 Å². The van der Waals surface area contributed by atoms with Gasteiger partial charge in [-0.2, -0.15) is 0 Å². The van der Waals surface area contributed by atoms with Crippen LogP contribution in [0.1, 0.15) is 22.3 Å². The molecular weight excluding hydrogens is 184 g/mol. The van der Waals surface area contributed by atoms with Crippen molar-refractivity contribution in [2.45, 2.75) is 20.8 Å². The number of thiocarbonyl (C=S) groups is 1. The third kappa shape index (κ3) is 1.87. The second-order valence-electron chi connectivity index (χ2n) is 3.08. The highest BCUT2D eigenvalue weighted by molar-refractivity contribution is 8.11. The molecule has 0 saturated heterocycles. The van der Waals surface area contributed by atoms with E-state index in [9.17, 15) is 0 Å². The molecule has 12 heavy (non-hydrogen) atoms. The molecule has 0 saturated carbocycles. The second kappa shape index (κ2) is 3.58. The summed E-state index contributed by atoms with van der Waals surface area (Å²) in [5.41, 5.74) is 4.82. The van der Waals surface area contributed by atoms with Crippen LogP contribution in [0.3, 0.4) is 0 Å². The summed E-state index contributed by atoms with van der Waals surface area (Å²) in [5, 5.41) is 0. The maximum absolute atomic E-state index is 5.04. The molecule has 1 aromatic carbocycles. The number of thiol groups is 1. The van der Waals surface area contributed by atoms with Gasteiger partial charge < -0.3 is 0 Å². The van der Waals surface area contributed by atoms with E-state index >= 15 is 0 Å². The predicted octanol–water partition coefficient (Wildman–Crippen LogP) is 3.22. The summed E-state index contributed by atoms with van der Waals surface area (Å²) in [7, 11) is 0. The summed E-state index contributed by atoms with van der Waals surface area (Å²) in [4.78, 5) is 0. The van der Waals surface area contributed by atoms with E-state index in [0.717, 1.165) is 5.56 Å². The molecule has 64 valence electrons. The van der Waals surface area contributed by atoms with Gasteiger partial charge in [-0.15, -0.1) is 12.6 Å². The highest BCUT2D eigenvalue weighted by atomic mass is 32.1. The maximum Gasteiger partial charge on any atom is 0.0753 e. The van der Waals surface area contributed by atoms with Crippen LogP contribution in [0.2, 0.25) is 0 Å². The lowest BCUT2D eigenvalue weighted by Crippen LogP contribution is -1.97. The van der Waals surface area contributed by atoms with Gasteiger partial charge in [0.25, 0.3) is 0 Å². The Morgan fingerprint density at radius 1 is 1.17 bits per heavy atom. The summed E-state index contributed by atoms with van der Waals surface area (Å²) in [6.07, 6.45) is 0. The molecule has 0 heterocycles. The maximum atomic E-state index is 5.04. The Kier molecular flexibility index (Phi) is 2.91. The van der Waals surface area contributed by atoms with Crippen LogP contribution in [-0.2, 0) is 0 Å². The number of rotatable bonds is 1. The van der Waals surface area contributed by atoms with Crippen LogP contribution < -0.4 is 0 Å². The Labute approximate surface area is 84.4 Å². The molecule has 0 aliphatic rings. The first-order chi connectivity index (χ1) is 5.52. The van der Waals surface area contributed by atoms with E-state index in [0.29, 0.717) is 4.20 Å². The van der Waals surface area contributed by atoms with E-state index in [4.69, 9.17) is 12.2 Å². The first kappa shape index (κ1) is 9.75. The number of aryl methyl sites for hydroxylation is 3. The van der Waals surface area contributed by atoms with Crippen molar-refractivity contribution < 1.29 is 0 Å². The Morgan fingerprint density at radius 3 is 1.92 bits per heavy atom. The van der Waals surface area contributed by atoms with Crippen molar-refractivity contribution in [3.05, 3.63) is 34.4 Å². The Balaban J connectivity index is 3.38. The van der Waals surface area contributed by atoms with E-state index in [1.54, 1.807) is 0 Å². The zero-order valence-electron chi connectivity index (χ0n) is 7.51. The first-order valence-electron chi connectivity index (χ1n) is 3.83. The van der Waals surface area contributed by atoms with Gasteiger partial charge in [0.05, 0.1) is 4.20 Å². The molecule has 0 radical (unpaired) electrons. The normalized spacial score (nSPS) is 10.0. The largest absolute Gasteiger partial charge is 0.131 e. The second-order valence-corrected chi connectivity index (χ2v) is 4.24. The fraction of sp³-hybridized carbons (Fsp3) is 0.300. The minimum Gasteiger partial charge on any atom is -0.131 e. The van der Waals surface area contributed by atoms with Crippen molar-refractivity contribution in [1.82, 2.24) is 0 Å². The molecule has 0 bridgehead atoms. The molecule has 1 rings (SSSR count). The van der Waals surface area contributed by atoms with Crippen molar-refractivity contribution in [3.63, 3.8) is 0 Å². The predicted molar refractivity (Wildman–Crippen MR) is 61.3 cm³/mol. The molecule has 0 aliphatic carbocycles. The molecule has 0 unspecified atom stereocenters. The summed E-state index contributed by atoms with van der Waals surface area (Å²) in [6, 6.07) is 4.26. The highest BCUT2D eigenvalue weighted by Gasteiger charge is 2.05. The van der Waals surface area contributed by atoms with Crippen molar-refractivity contribution in [2.75, 3.05) is 0 Å². The monoisotopic (exact) mass is 196 g/mol. The van der Waals surface area contributed by atoms with Gasteiger partial charge in [0.15, 0.2) is 0 Å². The highest BCUT2D eigenvalue weighted by Crippen LogP contribution is 2.18. The van der Waals surface area contributed by atoms with E-state index in [1.807, 2.05) is 0 Å². The van der Waals surface area contributed by atoms with Crippen LogP contribution in [0.15, 0.2) is 12.1 Å². The van der Waals surface area contributed by atoms with E-state index in [-0.39, 0.29) is 0 Å². The molecule has 0 aromatic heterocycles. The van der Waals surface area contributed by atoms with Crippen molar-refractivity contribution in [1.29, 1.82) is 0 Å². The number of hydrogen-bond donors (Lipinski definition) is 1. The Hall–Kier alpha value is -0.340. The van der Waals surface area contributed by atoms with E-state index < -0.39 is 0 Å².